The topological polar surface area (TPSA) is 129 Å². The normalized spacial score (nSPS) is 12.8. The van der Waals surface area contributed by atoms with Crippen LogP contribution >= 0.6 is 23.2 Å². The van der Waals surface area contributed by atoms with Crippen LogP contribution in [-0.2, 0) is 19.5 Å². The zero-order valence-electron chi connectivity index (χ0n) is 27.0. The van der Waals surface area contributed by atoms with Gasteiger partial charge in [-0.2, -0.15) is 14.4 Å². The van der Waals surface area contributed by atoms with Gasteiger partial charge in [-0.15, -0.1) is 0 Å². The van der Waals surface area contributed by atoms with Crippen LogP contribution < -0.4 is 19.1 Å². The van der Waals surface area contributed by atoms with E-state index in [0.29, 0.717) is 0 Å². The summed E-state index contributed by atoms with van der Waals surface area (Å²) in [5.41, 5.74) is 0.0836. The van der Waals surface area contributed by atoms with Gasteiger partial charge >= 0.3 is 6.09 Å². The zero-order valence-corrected chi connectivity index (χ0v) is 30.3. The van der Waals surface area contributed by atoms with E-state index in [9.17, 15) is 13.2 Å². The number of nitrogens with zero attached hydrogens (tertiary/aromatic N) is 3. The molecule has 0 radical (unpaired) electrons. The molecule has 0 bridgehead atoms. The summed E-state index contributed by atoms with van der Waals surface area (Å²) >= 11 is 12.4. The van der Waals surface area contributed by atoms with Gasteiger partial charge in [-0.25, -0.2) is 17.5 Å². The second-order valence-corrected chi connectivity index (χ2v) is 20.7. The minimum atomic E-state index is -4.50. The monoisotopic (exact) mass is 716 g/mol. The van der Waals surface area contributed by atoms with Crippen molar-refractivity contribution < 1.29 is 36.6 Å². The standard InChI is InChI=1S/C30H39Cl2FN4O7SSi/c1-19(34-29(38)44-30(2,3)4)20-12-14-21(15-13-20)43-27-25(33)35-26(28(36-27)41-5)37(18-42-16-17-46(6,7)8)45(39,40)23-11-9-10-22(31)24(23)32/h9-15,19H,16-18H2,1-8H3,(H,34,38)/t19-/m0/s1. The number of hydrogen-bond donors (Lipinski definition) is 1. The molecular weight excluding hydrogens is 678 g/mol. The third-order valence-electron chi connectivity index (χ3n) is 6.22. The molecule has 1 heterocycles. The Hall–Kier alpha value is -3.17. The van der Waals surface area contributed by atoms with Gasteiger partial charge in [0.2, 0.25) is 5.82 Å². The third kappa shape index (κ3) is 10.2. The average molecular weight is 718 g/mol. The number of sulfonamides is 1. The molecule has 0 saturated carbocycles. The number of methoxy groups -OCH3 is 1. The average Bonchev–Trinajstić information content (AvgIpc) is 2.94. The lowest BCUT2D eigenvalue weighted by atomic mass is 10.1. The highest BCUT2D eigenvalue weighted by molar-refractivity contribution is 7.93. The van der Waals surface area contributed by atoms with E-state index in [0.717, 1.165) is 15.9 Å². The predicted molar refractivity (Wildman–Crippen MR) is 178 cm³/mol. The van der Waals surface area contributed by atoms with Crippen molar-refractivity contribution in [3.8, 4) is 17.5 Å². The SMILES string of the molecule is COc1nc(Oc2ccc([C@H](C)NC(=O)OC(C)(C)C)cc2)c(F)nc1N(COCC[Si](C)(C)C)S(=O)(=O)c1cccc(Cl)c1Cl. The number of amides is 1. The summed E-state index contributed by atoms with van der Waals surface area (Å²) in [6, 6.07) is 10.9. The van der Waals surface area contributed by atoms with Crippen molar-refractivity contribution in [1.82, 2.24) is 15.3 Å². The maximum absolute atomic E-state index is 15.5. The van der Waals surface area contributed by atoms with Gasteiger partial charge in [0.15, 0.2) is 0 Å². The molecule has 1 aromatic heterocycles. The van der Waals surface area contributed by atoms with Crippen LogP contribution in [0.25, 0.3) is 0 Å². The molecule has 0 unspecified atom stereocenters. The molecule has 1 amide bonds. The Balaban J connectivity index is 1.91. The molecule has 46 heavy (non-hydrogen) atoms. The summed E-state index contributed by atoms with van der Waals surface area (Å²) in [5.74, 6) is -2.40. The molecule has 252 valence electrons. The molecule has 11 nitrogen and oxygen atoms in total. The maximum atomic E-state index is 15.5. The first-order valence-corrected chi connectivity index (χ1v) is 20.2. The third-order valence-corrected chi connectivity index (χ3v) is 10.6. The second kappa shape index (κ2) is 15.2. The van der Waals surface area contributed by atoms with E-state index in [1.165, 1.54) is 25.3 Å². The molecule has 1 N–H and O–H groups in total. The molecule has 3 rings (SSSR count). The van der Waals surface area contributed by atoms with Crippen LogP contribution in [0.5, 0.6) is 17.5 Å². The van der Waals surface area contributed by atoms with E-state index in [1.807, 2.05) is 0 Å². The smallest absolute Gasteiger partial charge is 0.408 e. The zero-order chi connectivity index (χ0) is 34.4. The quantitative estimate of drug-likeness (QED) is 0.107. The molecular formula is C30H39Cl2FN4O7SSi. The number of rotatable bonds is 13. The lowest BCUT2D eigenvalue weighted by Gasteiger charge is -2.25. The highest BCUT2D eigenvalue weighted by Gasteiger charge is 2.34. The van der Waals surface area contributed by atoms with Crippen molar-refractivity contribution in [3.63, 3.8) is 0 Å². The number of alkyl carbamates (subject to hydrolysis) is 1. The molecule has 3 aromatic rings. The first-order valence-electron chi connectivity index (χ1n) is 14.3. The number of halogens is 3. The minimum absolute atomic E-state index is 0.0105. The Bertz CT molecular complexity index is 1640. The highest BCUT2D eigenvalue weighted by atomic mass is 35.5. The van der Waals surface area contributed by atoms with Crippen LogP contribution in [0.4, 0.5) is 15.0 Å². The van der Waals surface area contributed by atoms with Crippen LogP contribution in [0, 0.1) is 5.95 Å². The van der Waals surface area contributed by atoms with Gasteiger partial charge in [0.05, 0.1) is 23.2 Å². The molecule has 0 aliphatic rings. The second-order valence-electron chi connectivity index (χ2n) is 12.4. The number of benzene rings is 2. The minimum Gasteiger partial charge on any atom is -0.478 e. The number of anilines is 1. The summed E-state index contributed by atoms with van der Waals surface area (Å²) in [7, 11) is -4.79. The molecule has 0 spiro atoms. The van der Waals surface area contributed by atoms with Crippen LogP contribution in [0.1, 0.15) is 39.3 Å². The van der Waals surface area contributed by atoms with Crippen LogP contribution in [0.2, 0.25) is 35.7 Å². The van der Waals surface area contributed by atoms with Gasteiger partial charge in [0.25, 0.3) is 27.7 Å². The fourth-order valence-electron chi connectivity index (χ4n) is 3.82. The molecule has 0 aliphatic carbocycles. The number of hydrogen-bond acceptors (Lipinski definition) is 9. The molecule has 0 aliphatic heterocycles. The Morgan fingerprint density at radius 1 is 1.07 bits per heavy atom. The number of aromatic nitrogens is 2. The van der Waals surface area contributed by atoms with Gasteiger partial charge in [0, 0.05) is 14.7 Å². The fourth-order valence-corrected chi connectivity index (χ4v) is 6.61. The number of nitrogens with one attached hydrogen (secondary N) is 1. The molecule has 16 heteroatoms. The Morgan fingerprint density at radius 2 is 1.72 bits per heavy atom. The Morgan fingerprint density at radius 3 is 2.30 bits per heavy atom. The van der Waals surface area contributed by atoms with Crippen molar-refractivity contribution in [1.29, 1.82) is 0 Å². The van der Waals surface area contributed by atoms with Gasteiger partial charge in [0.1, 0.15) is 23.0 Å². The van der Waals surface area contributed by atoms with E-state index in [-0.39, 0.29) is 33.2 Å². The number of carbonyl (C=O) groups excluding carboxylic acids is 1. The Kier molecular flexibility index (Phi) is 12.3. The van der Waals surface area contributed by atoms with Crippen molar-refractivity contribution in [3.05, 3.63) is 64.0 Å². The lowest BCUT2D eigenvalue weighted by molar-refractivity contribution is 0.0508. The fraction of sp³-hybridized carbons (Fsp3) is 0.433. The van der Waals surface area contributed by atoms with Crippen LogP contribution in [0.15, 0.2) is 47.4 Å². The first-order chi connectivity index (χ1) is 21.3. The predicted octanol–water partition coefficient (Wildman–Crippen LogP) is 7.82. The van der Waals surface area contributed by atoms with Gasteiger partial charge in [-0.1, -0.05) is 61.0 Å². The number of ether oxygens (including phenoxy) is 4. The van der Waals surface area contributed by atoms with Crippen molar-refractivity contribution >= 4 is 53.2 Å². The summed E-state index contributed by atoms with van der Waals surface area (Å²) in [6.45, 7) is 13.2. The van der Waals surface area contributed by atoms with Crippen molar-refractivity contribution in [2.24, 2.45) is 0 Å². The van der Waals surface area contributed by atoms with Crippen LogP contribution in [-0.4, -0.2) is 58.6 Å². The van der Waals surface area contributed by atoms with E-state index >= 15 is 4.39 Å². The highest BCUT2D eigenvalue weighted by Crippen LogP contribution is 2.37. The van der Waals surface area contributed by atoms with E-state index < -0.39 is 60.2 Å². The maximum Gasteiger partial charge on any atom is 0.408 e. The van der Waals surface area contributed by atoms with E-state index in [2.05, 4.69) is 34.9 Å². The summed E-state index contributed by atoms with van der Waals surface area (Å²) < 4.78 is 65.9. The molecule has 1 atom stereocenters. The molecule has 0 saturated heterocycles. The number of carbonyl (C=O) groups is 1. The van der Waals surface area contributed by atoms with Gasteiger partial charge in [-0.05, 0) is 63.6 Å². The van der Waals surface area contributed by atoms with E-state index in [4.69, 9.17) is 42.1 Å². The summed E-state index contributed by atoms with van der Waals surface area (Å²) in [6.07, 6.45) is -0.569. The van der Waals surface area contributed by atoms with E-state index in [1.54, 1.807) is 52.0 Å². The van der Waals surface area contributed by atoms with Gasteiger partial charge < -0.3 is 24.3 Å². The molecule has 0 fully saturated rings. The van der Waals surface area contributed by atoms with Gasteiger partial charge in [-0.3, -0.25) is 0 Å². The van der Waals surface area contributed by atoms with Crippen molar-refractivity contribution in [2.75, 3.05) is 24.8 Å². The Labute approximate surface area is 280 Å². The largest absolute Gasteiger partial charge is 0.478 e. The summed E-state index contributed by atoms with van der Waals surface area (Å²) in [4.78, 5) is 19.7. The lowest BCUT2D eigenvalue weighted by Crippen LogP contribution is -2.35. The first kappa shape index (κ1) is 37.3. The summed E-state index contributed by atoms with van der Waals surface area (Å²) in [5, 5.41) is 2.53. The van der Waals surface area contributed by atoms with Crippen LogP contribution in [0.3, 0.4) is 0 Å². The van der Waals surface area contributed by atoms with Crippen molar-refractivity contribution in [2.45, 2.75) is 69.9 Å². The molecule has 2 aromatic carbocycles.